The average Bonchev–Trinajstić information content (AvgIpc) is 2.35. The van der Waals surface area contributed by atoms with Gasteiger partial charge in [0.05, 0.1) is 11.3 Å². The Bertz CT molecular complexity index is 500. The Kier molecular flexibility index (Phi) is 5.05. The first kappa shape index (κ1) is 14.7. The van der Waals surface area contributed by atoms with Crippen LogP contribution >= 0.6 is 0 Å². The zero-order valence-electron chi connectivity index (χ0n) is 10.9. The van der Waals surface area contributed by atoms with Gasteiger partial charge >= 0.3 is 0 Å². The van der Waals surface area contributed by atoms with Gasteiger partial charge < -0.3 is 16.4 Å². The smallest absolute Gasteiger partial charge is 0.254 e. The van der Waals surface area contributed by atoms with Crippen LogP contribution in [0.15, 0.2) is 24.3 Å². The highest BCUT2D eigenvalue weighted by Crippen LogP contribution is 2.15. The van der Waals surface area contributed by atoms with Crippen LogP contribution in [0.5, 0.6) is 0 Å². The Labute approximate surface area is 111 Å². The summed E-state index contributed by atoms with van der Waals surface area (Å²) in [5, 5.41) is 5.09. The number of hydrogen-bond acceptors (Lipinski definition) is 3. The first-order valence-corrected chi connectivity index (χ1v) is 5.92. The van der Waals surface area contributed by atoms with E-state index in [4.69, 9.17) is 5.73 Å². The number of nitrogens with one attached hydrogen (secondary N) is 2. The minimum atomic E-state index is -0.724. The molecule has 1 aromatic carbocycles. The van der Waals surface area contributed by atoms with Gasteiger partial charge in [0.2, 0.25) is 11.8 Å². The fraction of sp³-hybridized carbons (Fsp3) is 0.308. The third-order valence-corrected chi connectivity index (χ3v) is 2.54. The molecule has 1 rings (SSSR count). The highest BCUT2D eigenvalue weighted by molar-refractivity contribution is 6.04. The lowest BCUT2D eigenvalue weighted by atomic mass is 10.1. The quantitative estimate of drug-likeness (QED) is 0.726. The number of anilines is 1. The van der Waals surface area contributed by atoms with Crippen LogP contribution in [0.25, 0.3) is 0 Å². The van der Waals surface area contributed by atoms with Gasteiger partial charge in [-0.2, -0.15) is 0 Å². The zero-order chi connectivity index (χ0) is 14.4. The minimum Gasteiger partial charge on any atom is -0.368 e. The molecule has 0 heterocycles. The third kappa shape index (κ3) is 4.09. The first-order valence-electron chi connectivity index (χ1n) is 5.92. The summed E-state index contributed by atoms with van der Waals surface area (Å²) in [5.74, 6) is -1.31. The standard InChI is InChI=1S/C13H17N3O3/c1-3-10(12(14)18)16-13(19)9-6-4-5-7-11(9)15-8(2)17/h4-7,10H,3H2,1-2H3,(H2,14,18)(H,15,17)(H,16,19)/t10-/m1/s1. The fourth-order valence-electron chi connectivity index (χ4n) is 1.59. The van der Waals surface area contributed by atoms with Crippen molar-refractivity contribution in [3.63, 3.8) is 0 Å². The van der Waals surface area contributed by atoms with Crippen molar-refractivity contribution in [2.45, 2.75) is 26.3 Å². The van der Waals surface area contributed by atoms with E-state index in [9.17, 15) is 14.4 Å². The van der Waals surface area contributed by atoms with Crippen molar-refractivity contribution in [1.82, 2.24) is 5.32 Å². The van der Waals surface area contributed by atoms with Gasteiger partial charge in [0, 0.05) is 6.92 Å². The number of primary amides is 1. The van der Waals surface area contributed by atoms with Crippen LogP contribution in [0, 0.1) is 0 Å². The maximum absolute atomic E-state index is 12.1. The molecular weight excluding hydrogens is 246 g/mol. The second-order valence-corrected chi connectivity index (χ2v) is 4.06. The Hall–Kier alpha value is -2.37. The van der Waals surface area contributed by atoms with Crippen LogP contribution < -0.4 is 16.4 Å². The summed E-state index contributed by atoms with van der Waals surface area (Å²) in [6.45, 7) is 3.10. The summed E-state index contributed by atoms with van der Waals surface area (Å²) in [7, 11) is 0. The van der Waals surface area contributed by atoms with E-state index in [0.29, 0.717) is 12.1 Å². The number of carbonyl (C=O) groups excluding carboxylic acids is 3. The van der Waals surface area contributed by atoms with Crippen LogP contribution in [0.2, 0.25) is 0 Å². The highest BCUT2D eigenvalue weighted by Gasteiger charge is 2.18. The number of hydrogen-bond donors (Lipinski definition) is 3. The monoisotopic (exact) mass is 263 g/mol. The number of rotatable bonds is 5. The molecule has 0 bridgehead atoms. The van der Waals surface area contributed by atoms with Gasteiger partial charge in [-0.25, -0.2) is 0 Å². The number of para-hydroxylation sites is 1. The van der Waals surface area contributed by atoms with Crippen LogP contribution in [-0.2, 0) is 9.59 Å². The molecule has 0 fully saturated rings. The maximum atomic E-state index is 12.1. The number of amides is 3. The molecule has 3 amide bonds. The molecule has 0 aromatic heterocycles. The van der Waals surface area contributed by atoms with Crippen molar-refractivity contribution in [3.8, 4) is 0 Å². The topological polar surface area (TPSA) is 101 Å². The van der Waals surface area contributed by atoms with Gasteiger partial charge in [-0.05, 0) is 18.6 Å². The summed E-state index contributed by atoms with van der Waals surface area (Å²) >= 11 is 0. The molecule has 0 aliphatic heterocycles. The largest absolute Gasteiger partial charge is 0.368 e. The predicted molar refractivity (Wildman–Crippen MR) is 71.5 cm³/mol. The molecule has 0 saturated heterocycles. The van der Waals surface area contributed by atoms with Crippen LogP contribution in [0.1, 0.15) is 30.6 Å². The van der Waals surface area contributed by atoms with E-state index >= 15 is 0 Å². The summed E-state index contributed by atoms with van der Waals surface area (Å²) in [4.78, 5) is 34.2. The Morgan fingerprint density at radius 1 is 1.26 bits per heavy atom. The van der Waals surface area contributed by atoms with Gasteiger partial charge in [-0.1, -0.05) is 19.1 Å². The van der Waals surface area contributed by atoms with Crippen molar-refractivity contribution in [1.29, 1.82) is 0 Å². The van der Waals surface area contributed by atoms with E-state index in [-0.39, 0.29) is 11.5 Å². The van der Waals surface area contributed by atoms with Gasteiger partial charge in [-0.15, -0.1) is 0 Å². The summed E-state index contributed by atoms with van der Waals surface area (Å²) in [5.41, 5.74) is 5.85. The van der Waals surface area contributed by atoms with Crippen molar-refractivity contribution < 1.29 is 14.4 Å². The number of nitrogens with two attached hydrogens (primary N) is 1. The number of carbonyl (C=O) groups is 3. The molecule has 0 saturated carbocycles. The van der Waals surface area contributed by atoms with Gasteiger partial charge in [0.25, 0.3) is 5.91 Å². The molecule has 0 unspecified atom stereocenters. The van der Waals surface area contributed by atoms with Crippen LogP contribution in [-0.4, -0.2) is 23.8 Å². The van der Waals surface area contributed by atoms with Gasteiger partial charge in [-0.3, -0.25) is 14.4 Å². The Morgan fingerprint density at radius 2 is 1.89 bits per heavy atom. The molecule has 1 atom stereocenters. The molecule has 0 aliphatic carbocycles. The molecule has 4 N–H and O–H groups in total. The number of benzene rings is 1. The molecule has 1 aromatic rings. The molecule has 0 radical (unpaired) electrons. The molecule has 6 heteroatoms. The fourth-order valence-corrected chi connectivity index (χ4v) is 1.59. The maximum Gasteiger partial charge on any atom is 0.254 e. The normalized spacial score (nSPS) is 11.5. The molecule has 19 heavy (non-hydrogen) atoms. The van der Waals surface area contributed by atoms with Gasteiger partial charge in [0.1, 0.15) is 6.04 Å². The SMILES string of the molecule is CC[C@@H](NC(=O)c1ccccc1NC(C)=O)C(N)=O. The Morgan fingerprint density at radius 3 is 2.42 bits per heavy atom. The van der Waals surface area contributed by atoms with E-state index < -0.39 is 17.9 Å². The van der Waals surface area contributed by atoms with Crippen molar-refractivity contribution in [3.05, 3.63) is 29.8 Å². The Balaban J connectivity index is 2.93. The predicted octanol–water partition coefficient (Wildman–Crippen LogP) is 0.639. The van der Waals surface area contributed by atoms with Crippen molar-refractivity contribution in [2.75, 3.05) is 5.32 Å². The molecule has 6 nitrogen and oxygen atoms in total. The molecule has 102 valence electrons. The van der Waals surface area contributed by atoms with Crippen LogP contribution in [0.4, 0.5) is 5.69 Å². The zero-order valence-corrected chi connectivity index (χ0v) is 10.9. The molecule has 0 aliphatic rings. The van der Waals surface area contributed by atoms with E-state index in [1.54, 1.807) is 31.2 Å². The molecular formula is C13H17N3O3. The second kappa shape index (κ2) is 6.53. The highest BCUT2D eigenvalue weighted by atomic mass is 16.2. The van der Waals surface area contributed by atoms with E-state index in [0.717, 1.165) is 0 Å². The minimum absolute atomic E-state index is 0.276. The summed E-state index contributed by atoms with van der Waals surface area (Å²) in [6.07, 6.45) is 0.406. The first-order chi connectivity index (χ1) is 8.95. The van der Waals surface area contributed by atoms with E-state index in [1.165, 1.54) is 6.92 Å². The van der Waals surface area contributed by atoms with Gasteiger partial charge in [0.15, 0.2) is 0 Å². The lowest BCUT2D eigenvalue weighted by Gasteiger charge is -2.15. The summed E-state index contributed by atoms with van der Waals surface area (Å²) in [6, 6.07) is 5.83. The lowest BCUT2D eigenvalue weighted by molar-refractivity contribution is -0.120. The van der Waals surface area contributed by atoms with E-state index in [1.807, 2.05) is 0 Å². The van der Waals surface area contributed by atoms with Crippen molar-refractivity contribution >= 4 is 23.4 Å². The molecule has 0 spiro atoms. The van der Waals surface area contributed by atoms with Crippen molar-refractivity contribution in [2.24, 2.45) is 5.73 Å². The van der Waals surface area contributed by atoms with Crippen LogP contribution in [0.3, 0.4) is 0 Å². The summed E-state index contributed by atoms with van der Waals surface area (Å²) < 4.78 is 0. The third-order valence-electron chi connectivity index (χ3n) is 2.54. The average molecular weight is 263 g/mol. The van der Waals surface area contributed by atoms with E-state index in [2.05, 4.69) is 10.6 Å². The second-order valence-electron chi connectivity index (χ2n) is 4.06. The lowest BCUT2D eigenvalue weighted by Crippen LogP contribution is -2.44.